The molecule has 1 aromatic heterocycles. The molecule has 1 amide bonds. The van der Waals surface area contributed by atoms with Gasteiger partial charge in [-0.1, -0.05) is 19.4 Å². The lowest BCUT2D eigenvalue weighted by Crippen LogP contribution is -2.35. The van der Waals surface area contributed by atoms with Gasteiger partial charge in [0, 0.05) is 30.6 Å². The summed E-state index contributed by atoms with van der Waals surface area (Å²) in [6, 6.07) is 8.43. The fraction of sp³-hybridized carbons (Fsp3) is 0.385. The van der Waals surface area contributed by atoms with E-state index < -0.39 is 29.0 Å². The molecule has 10 heteroatoms. The number of halogens is 3. The predicted octanol–water partition coefficient (Wildman–Crippen LogP) is 4.86. The molecular weight excluding hydrogens is 477 g/mol. The first-order valence-corrected chi connectivity index (χ1v) is 11.7. The lowest BCUT2D eigenvalue weighted by atomic mass is 10.0. The normalized spacial score (nSPS) is 14.7. The average molecular weight is 505 g/mol. The average Bonchev–Trinajstić information content (AvgIpc) is 2.85. The summed E-state index contributed by atoms with van der Waals surface area (Å²) in [7, 11) is 1.50. The number of carbonyl (C=O) groups excluding carboxylic acids is 1. The molecule has 0 atom stereocenters. The molecule has 1 aliphatic heterocycles. The molecule has 7 nitrogen and oxygen atoms in total. The summed E-state index contributed by atoms with van der Waals surface area (Å²) in [4.78, 5) is 27.6. The minimum absolute atomic E-state index is 0.293. The number of hydrogen-bond donors (Lipinski definition) is 1. The molecule has 0 spiro atoms. The Morgan fingerprint density at radius 2 is 1.89 bits per heavy atom. The van der Waals surface area contributed by atoms with Crippen molar-refractivity contribution < 1.29 is 31.9 Å². The van der Waals surface area contributed by atoms with E-state index in [4.69, 9.17) is 13.9 Å². The van der Waals surface area contributed by atoms with Crippen LogP contribution in [-0.4, -0.2) is 44.2 Å². The number of carbonyl (C=O) groups is 1. The maximum atomic E-state index is 13.9. The summed E-state index contributed by atoms with van der Waals surface area (Å²) in [5, 5.41) is 2.73. The van der Waals surface area contributed by atoms with Crippen LogP contribution in [0.15, 0.2) is 45.6 Å². The number of alkyl halides is 3. The van der Waals surface area contributed by atoms with Crippen LogP contribution in [0.25, 0.3) is 11.0 Å². The van der Waals surface area contributed by atoms with Crippen molar-refractivity contribution in [3.05, 3.63) is 69.1 Å². The Morgan fingerprint density at radius 1 is 1.14 bits per heavy atom. The Morgan fingerprint density at radius 3 is 2.56 bits per heavy atom. The van der Waals surface area contributed by atoms with Crippen molar-refractivity contribution >= 4 is 22.6 Å². The zero-order valence-corrected chi connectivity index (χ0v) is 20.0. The van der Waals surface area contributed by atoms with Crippen molar-refractivity contribution in [2.24, 2.45) is 0 Å². The summed E-state index contributed by atoms with van der Waals surface area (Å²) < 4.78 is 57.6. The number of nitrogens with zero attached hydrogens (tertiary/aromatic N) is 1. The van der Waals surface area contributed by atoms with E-state index in [2.05, 4.69) is 5.32 Å². The molecule has 4 rings (SSSR count). The van der Waals surface area contributed by atoms with Crippen molar-refractivity contribution in [1.82, 2.24) is 4.90 Å². The number of amides is 1. The number of anilines is 1. The van der Waals surface area contributed by atoms with Gasteiger partial charge in [-0.15, -0.1) is 0 Å². The summed E-state index contributed by atoms with van der Waals surface area (Å²) in [5.41, 5.74) is -1.30. The molecule has 36 heavy (non-hydrogen) atoms. The van der Waals surface area contributed by atoms with Crippen LogP contribution in [0.5, 0.6) is 5.75 Å². The van der Waals surface area contributed by atoms with Crippen LogP contribution in [0.2, 0.25) is 0 Å². The smallest absolute Gasteiger partial charge is 0.418 e. The highest BCUT2D eigenvalue weighted by molar-refractivity contribution is 6.06. The third-order valence-corrected chi connectivity index (χ3v) is 6.07. The SMILES string of the molecule is CCCc1c(OC)ccc2cc(C(=O)Nc3ccc(CN4CCOCC4)cc3C(F)(F)F)c(=O)oc12. The van der Waals surface area contributed by atoms with E-state index in [1.807, 2.05) is 11.8 Å². The highest BCUT2D eigenvalue weighted by atomic mass is 19.4. The van der Waals surface area contributed by atoms with Crippen LogP contribution in [-0.2, 0) is 23.9 Å². The summed E-state index contributed by atoms with van der Waals surface area (Å²) in [6.07, 6.45) is -3.35. The fourth-order valence-electron chi connectivity index (χ4n) is 4.30. The fourth-order valence-corrected chi connectivity index (χ4v) is 4.30. The van der Waals surface area contributed by atoms with Gasteiger partial charge in [0.2, 0.25) is 0 Å². The van der Waals surface area contributed by atoms with Gasteiger partial charge in [-0.05, 0) is 42.3 Å². The molecule has 2 heterocycles. The number of benzene rings is 2. The van der Waals surface area contributed by atoms with Crippen molar-refractivity contribution in [2.45, 2.75) is 32.5 Å². The van der Waals surface area contributed by atoms with E-state index in [-0.39, 0.29) is 5.56 Å². The molecule has 0 unspecified atom stereocenters. The van der Waals surface area contributed by atoms with Crippen LogP contribution >= 0.6 is 0 Å². The van der Waals surface area contributed by atoms with Crippen LogP contribution in [0.3, 0.4) is 0 Å². The van der Waals surface area contributed by atoms with Gasteiger partial charge < -0.3 is 19.2 Å². The van der Waals surface area contributed by atoms with Crippen molar-refractivity contribution in [2.75, 3.05) is 38.7 Å². The molecule has 3 aromatic rings. The zero-order valence-electron chi connectivity index (χ0n) is 20.0. The van der Waals surface area contributed by atoms with Crippen LogP contribution < -0.4 is 15.7 Å². The Labute approximate surface area is 205 Å². The van der Waals surface area contributed by atoms with Crippen LogP contribution in [0.4, 0.5) is 18.9 Å². The highest BCUT2D eigenvalue weighted by Gasteiger charge is 2.34. The third-order valence-electron chi connectivity index (χ3n) is 6.07. The number of rotatable bonds is 7. The molecule has 1 fully saturated rings. The second kappa shape index (κ2) is 10.7. The Bertz CT molecular complexity index is 1310. The van der Waals surface area contributed by atoms with Crippen molar-refractivity contribution in [3.63, 3.8) is 0 Å². The van der Waals surface area contributed by atoms with E-state index in [1.165, 1.54) is 25.3 Å². The second-order valence-electron chi connectivity index (χ2n) is 8.58. The number of ether oxygens (including phenoxy) is 2. The largest absolute Gasteiger partial charge is 0.496 e. The van der Waals surface area contributed by atoms with Gasteiger partial charge in [0.15, 0.2) is 0 Å². The van der Waals surface area contributed by atoms with Crippen LogP contribution in [0, 0.1) is 0 Å². The predicted molar refractivity (Wildman–Crippen MR) is 129 cm³/mol. The monoisotopic (exact) mass is 504 g/mol. The first kappa shape index (κ1) is 25.7. The lowest BCUT2D eigenvalue weighted by Gasteiger charge is -2.27. The molecule has 0 aliphatic carbocycles. The van der Waals surface area contributed by atoms with E-state index >= 15 is 0 Å². The number of nitrogens with one attached hydrogen (secondary N) is 1. The number of morpholine rings is 1. The second-order valence-corrected chi connectivity index (χ2v) is 8.58. The number of hydrogen-bond acceptors (Lipinski definition) is 6. The summed E-state index contributed by atoms with van der Waals surface area (Å²) in [6.45, 7) is 4.61. The molecule has 1 saturated heterocycles. The topological polar surface area (TPSA) is 81.0 Å². The first-order valence-electron chi connectivity index (χ1n) is 11.7. The number of aryl methyl sites for hydroxylation is 1. The molecule has 0 radical (unpaired) electrons. The number of fused-ring (bicyclic) bond motifs is 1. The number of methoxy groups -OCH3 is 1. The summed E-state index contributed by atoms with van der Waals surface area (Å²) >= 11 is 0. The summed E-state index contributed by atoms with van der Waals surface area (Å²) in [5.74, 6) is -0.429. The Kier molecular flexibility index (Phi) is 7.65. The minimum atomic E-state index is -4.71. The van der Waals surface area contributed by atoms with Crippen molar-refractivity contribution in [1.29, 1.82) is 0 Å². The molecule has 2 aromatic carbocycles. The van der Waals surface area contributed by atoms with E-state index in [9.17, 15) is 22.8 Å². The molecule has 0 bridgehead atoms. The van der Waals surface area contributed by atoms with Crippen LogP contribution in [0.1, 0.15) is 40.4 Å². The van der Waals surface area contributed by atoms with Gasteiger partial charge in [0.05, 0.1) is 31.6 Å². The Balaban J connectivity index is 1.64. The van der Waals surface area contributed by atoms with Crippen molar-refractivity contribution in [3.8, 4) is 5.75 Å². The minimum Gasteiger partial charge on any atom is -0.496 e. The quantitative estimate of drug-likeness (QED) is 0.463. The molecule has 1 N–H and O–H groups in total. The van der Waals surface area contributed by atoms with Gasteiger partial charge in [-0.3, -0.25) is 9.69 Å². The first-order chi connectivity index (χ1) is 17.2. The van der Waals surface area contributed by atoms with Gasteiger partial charge >= 0.3 is 11.8 Å². The molecular formula is C26H27F3N2O5. The zero-order chi connectivity index (χ0) is 25.9. The maximum absolute atomic E-state index is 13.9. The standard InChI is InChI=1S/C26H27F3N2O5/c1-3-4-18-22(34-2)8-6-17-14-19(25(33)36-23(17)18)24(32)30-21-7-5-16(13-20(21)26(27,28)29)15-31-9-11-35-12-10-31/h5-8,13-14H,3-4,9-12,15H2,1-2H3,(H,30,32). The van der Waals surface area contributed by atoms with E-state index in [0.29, 0.717) is 67.1 Å². The third kappa shape index (κ3) is 5.55. The van der Waals surface area contributed by atoms with E-state index in [0.717, 1.165) is 12.5 Å². The Hall–Kier alpha value is -3.37. The van der Waals surface area contributed by atoms with Gasteiger partial charge in [-0.25, -0.2) is 4.79 Å². The lowest BCUT2D eigenvalue weighted by molar-refractivity contribution is -0.137. The van der Waals surface area contributed by atoms with Gasteiger partial charge in [0.1, 0.15) is 16.9 Å². The molecule has 1 aliphatic rings. The van der Waals surface area contributed by atoms with Gasteiger partial charge in [-0.2, -0.15) is 13.2 Å². The maximum Gasteiger partial charge on any atom is 0.418 e. The van der Waals surface area contributed by atoms with E-state index in [1.54, 1.807) is 12.1 Å². The van der Waals surface area contributed by atoms with Gasteiger partial charge in [0.25, 0.3) is 5.91 Å². The highest BCUT2D eigenvalue weighted by Crippen LogP contribution is 2.36. The molecule has 0 saturated carbocycles. The molecule has 192 valence electrons.